The summed E-state index contributed by atoms with van der Waals surface area (Å²) < 4.78 is 0. The van der Waals surface area contributed by atoms with E-state index in [-0.39, 0.29) is 0 Å². The molecule has 0 rings (SSSR count). The van der Waals surface area contributed by atoms with Gasteiger partial charge in [-0.3, -0.25) is 0 Å². The summed E-state index contributed by atoms with van der Waals surface area (Å²) in [4.78, 5) is 1.89. The van der Waals surface area contributed by atoms with Crippen molar-refractivity contribution in [3.63, 3.8) is 0 Å². The maximum atomic E-state index is 3.64. The van der Waals surface area contributed by atoms with Crippen molar-refractivity contribution in [3.8, 4) is 0 Å². The minimum atomic E-state index is 1.09. The number of hydrogen-bond donors (Lipinski definition) is 0. The molecule has 0 aliphatic rings. The maximum Gasteiger partial charge on any atom is 0.162 e. The van der Waals surface area contributed by atoms with Gasteiger partial charge in [-0.1, -0.05) is 18.2 Å². The molecule has 6 heavy (non-hydrogen) atoms. The maximum absolute atomic E-state index is 3.64. The highest BCUT2D eigenvalue weighted by atomic mass is 27.0. The van der Waals surface area contributed by atoms with Gasteiger partial charge in [0.05, 0.1) is 0 Å². The summed E-state index contributed by atoms with van der Waals surface area (Å²) in [6, 6.07) is 0. The highest BCUT2D eigenvalue weighted by Crippen LogP contribution is 1.83. The first-order valence-electron chi connectivity index (χ1n) is 1.81. The van der Waals surface area contributed by atoms with Crippen molar-refractivity contribution in [2.75, 3.05) is 0 Å². The van der Waals surface area contributed by atoms with Gasteiger partial charge in [-0.15, -0.1) is 0 Å². The van der Waals surface area contributed by atoms with Gasteiger partial charge in [0.2, 0.25) is 0 Å². The van der Waals surface area contributed by atoms with Crippen molar-refractivity contribution in [1.29, 1.82) is 0 Å². The average Bonchev–Trinajstić information content (AvgIpc) is 1.35. The number of rotatable bonds is 1. The third-order valence-electron chi connectivity index (χ3n) is 0.381. The molecule has 0 amide bonds. The highest BCUT2D eigenvalue weighted by molar-refractivity contribution is 6.17. The van der Waals surface area contributed by atoms with Crippen LogP contribution in [0.15, 0.2) is 23.2 Å². The monoisotopic (exact) mass is 94.0 g/mol. The van der Waals surface area contributed by atoms with Gasteiger partial charge in [-0.25, -0.2) is 0 Å². The van der Waals surface area contributed by atoms with Gasteiger partial charge in [0.1, 0.15) is 0 Å². The van der Waals surface area contributed by atoms with Crippen LogP contribution in [-0.4, -0.2) is 16.3 Å². The molecule has 0 aliphatic carbocycles. The fourth-order valence-corrected chi connectivity index (χ4v) is 0.493. The van der Waals surface area contributed by atoms with Crippen LogP contribution in [0.3, 0.4) is 0 Å². The molecule has 2 radical (unpaired) electrons. The molecule has 1 heteroatoms. The second kappa shape index (κ2) is 3.21. The summed E-state index contributed by atoms with van der Waals surface area (Å²) in [6.07, 6.45) is 1.94. The van der Waals surface area contributed by atoms with Crippen molar-refractivity contribution >= 4 is 16.3 Å². The number of hydrogen-bond acceptors (Lipinski definition) is 0. The average molecular weight is 94.1 g/mol. The molecule has 0 aromatic rings. The van der Waals surface area contributed by atoms with E-state index < -0.39 is 0 Å². The van der Waals surface area contributed by atoms with E-state index in [1.165, 1.54) is 0 Å². The lowest BCUT2D eigenvalue weighted by Gasteiger charge is -1.76. The Hall–Kier alpha value is 0.0125. The van der Waals surface area contributed by atoms with Gasteiger partial charge in [0.15, 0.2) is 16.3 Å². The van der Waals surface area contributed by atoms with Gasteiger partial charge < -0.3 is 0 Å². The lowest BCUT2D eigenvalue weighted by Crippen LogP contribution is -1.57. The third kappa shape index (κ3) is 4.01. The summed E-state index contributed by atoms with van der Waals surface area (Å²) in [7, 11) is 0. The summed E-state index contributed by atoms with van der Waals surface area (Å²) >= 11 is 2.48. The van der Waals surface area contributed by atoms with Crippen molar-refractivity contribution < 1.29 is 0 Å². The molecule has 0 unspecified atom stereocenters. The van der Waals surface area contributed by atoms with Crippen LogP contribution in [0.25, 0.3) is 0 Å². The zero-order valence-electron chi connectivity index (χ0n) is 3.94. The molecular weight excluding hydrogens is 87.0 g/mol. The first-order valence-corrected chi connectivity index (χ1v) is 2.48. The first-order chi connectivity index (χ1) is 2.77. The highest BCUT2D eigenvalue weighted by Gasteiger charge is 1.63. The fourth-order valence-electron chi connectivity index (χ4n) is 0.164. The Bertz CT molecular complexity index is 72.0. The fraction of sp³-hybridized carbons (Fsp3) is 0.200. The summed E-state index contributed by atoms with van der Waals surface area (Å²) in [6.45, 7) is 5.60. The molecule has 0 aliphatic heterocycles. The van der Waals surface area contributed by atoms with Gasteiger partial charge in [0.25, 0.3) is 0 Å². The van der Waals surface area contributed by atoms with Crippen LogP contribution in [0.1, 0.15) is 6.92 Å². The molecule has 0 saturated heterocycles. The Morgan fingerprint density at radius 1 is 1.83 bits per heavy atom. The Morgan fingerprint density at radius 2 is 2.33 bits per heavy atom. The molecule has 0 atom stereocenters. The lowest BCUT2D eigenvalue weighted by molar-refractivity contribution is 1.57. The van der Waals surface area contributed by atoms with E-state index in [0.717, 1.165) is 5.57 Å². The van der Waals surface area contributed by atoms with E-state index in [2.05, 4.69) is 22.9 Å². The molecule has 30 valence electrons. The summed E-state index contributed by atoms with van der Waals surface area (Å²) in [5.41, 5.74) is 1.09. The number of allylic oxidation sites excluding steroid dienone is 2. The van der Waals surface area contributed by atoms with Crippen LogP contribution in [-0.2, 0) is 0 Å². The van der Waals surface area contributed by atoms with Crippen LogP contribution in [0, 0.1) is 0 Å². The molecule has 0 aromatic heterocycles. The topological polar surface area (TPSA) is 0 Å². The van der Waals surface area contributed by atoms with Gasteiger partial charge in [-0.05, 0) is 6.92 Å². The zero-order valence-corrected chi connectivity index (χ0v) is 5.09. The predicted octanol–water partition coefficient (Wildman–Crippen LogP) is 1.24. The van der Waals surface area contributed by atoms with Gasteiger partial charge >= 0.3 is 0 Å². The van der Waals surface area contributed by atoms with E-state index in [1.807, 2.05) is 17.9 Å². The Balaban J connectivity index is 3.30. The van der Waals surface area contributed by atoms with E-state index in [0.29, 0.717) is 0 Å². The van der Waals surface area contributed by atoms with E-state index >= 15 is 0 Å². The second-order valence-corrected chi connectivity index (χ2v) is 1.59. The van der Waals surface area contributed by atoms with Crippen molar-refractivity contribution in [2.24, 2.45) is 0 Å². The Kier molecular flexibility index (Phi) is 3.22. The minimum Gasteiger partial charge on any atom is -0.172 e. The first kappa shape index (κ1) is 6.01. The molecule has 0 fully saturated rings. The van der Waals surface area contributed by atoms with Crippen molar-refractivity contribution in [2.45, 2.75) is 6.92 Å². The quantitative estimate of drug-likeness (QED) is 0.339. The van der Waals surface area contributed by atoms with Crippen LogP contribution in [0.5, 0.6) is 0 Å². The van der Waals surface area contributed by atoms with E-state index in [1.54, 1.807) is 0 Å². The molecule has 0 nitrogen and oxygen atoms in total. The second-order valence-electron chi connectivity index (χ2n) is 1.21. The standard InChI is InChI=1S/C5H7.Al/c1-4-5(2)3;/h1,4H,2H2,3H3;. The van der Waals surface area contributed by atoms with Crippen molar-refractivity contribution in [1.82, 2.24) is 0 Å². The predicted molar refractivity (Wildman–Crippen MR) is 29.7 cm³/mol. The Morgan fingerprint density at radius 3 is 2.33 bits per heavy atom. The molecule has 0 aromatic carbocycles. The molecule has 0 heterocycles. The molecule has 0 spiro atoms. The molecule has 0 saturated carbocycles. The van der Waals surface area contributed by atoms with Crippen LogP contribution >= 0.6 is 0 Å². The summed E-state index contributed by atoms with van der Waals surface area (Å²) in [5, 5.41) is 0. The van der Waals surface area contributed by atoms with Crippen LogP contribution in [0.4, 0.5) is 0 Å². The largest absolute Gasteiger partial charge is 0.172 e. The summed E-state index contributed by atoms with van der Waals surface area (Å²) in [5.74, 6) is 0. The van der Waals surface area contributed by atoms with Crippen LogP contribution < -0.4 is 0 Å². The zero-order chi connectivity index (χ0) is 4.99. The third-order valence-corrected chi connectivity index (χ3v) is 0.573. The van der Waals surface area contributed by atoms with E-state index in [4.69, 9.17) is 0 Å². The SMILES string of the molecule is C=C(C)C=[CH][Al]. The van der Waals surface area contributed by atoms with Gasteiger partial charge in [-0.2, -0.15) is 4.94 Å². The normalized spacial score (nSPS) is 9.50. The van der Waals surface area contributed by atoms with Crippen molar-refractivity contribution in [3.05, 3.63) is 23.2 Å². The minimum absolute atomic E-state index is 1.09. The molecule has 0 N–H and O–H groups in total. The smallest absolute Gasteiger partial charge is 0.162 e. The van der Waals surface area contributed by atoms with Gasteiger partial charge in [0, 0.05) is 0 Å². The molecular formula is C5H7Al. The van der Waals surface area contributed by atoms with E-state index in [9.17, 15) is 0 Å². The lowest BCUT2D eigenvalue weighted by atomic mass is 10.4. The Labute approximate surface area is 47.0 Å². The van der Waals surface area contributed by atoms with Crippen LogP contribution in [0.2, 0.25) is 0 Å². The molecule has 0 bridgehead atoms.